The fourth-order valence-corrected chi connectivity index (χ4v) is 2.97. The van der Waals surface area contributed by atoms with Crippen molar-refractivity contribution in [1.82, 2.24) is 4.98 Å². The molecule has 1 aromatic carbocycles. The molecule has 1 heterocycles. The summed E-state index contributed by atoms with van der Waals surface area (Å²) in [5.74, 6) is 0. The molecular formula is C10H7BrIN. The lowest BCUT2D eigenvalue weighted by Gasteiger charge is -2.01. The summed E-state index contributed by atoms with van der Waals surface area (Å²) in [7, 11) is 0. The lowest BCUT2D eigenvalue weighted by atomic mass is 10.2. The maximum absolute atomic E-state index is 4.39. The fourth-order valence-electron chi connectivity index (χ4n) is 1.28. The lowest BCUT2D eigenvalue weighted by molar-refractivity contribution is 1.32. The number of halogens is 2. The van der Waals surface area contributed by atoms with Crippen molar-refractivity contribution in [3.8, 4) is 0 Å². The molecule has 1 nitrogen and oxygen atoms in total. The van der Waals surface area contributed by atoms with Crippen LogP contribution in [0.2, 0.25) is 0 Å². The Balaban J connectivity index is 2.86. The first-order valence-electron chi connectivity index (χ1n) is 3.88. The summed E-state index contributed by atoms with van der Waals surface area (Å²) >= 11 is 5.78. The van der Waals surface area contributed by atoms with Gasteiger partial charge in [0.15, 0.2) is 0 Å². The normalized spacial score (nSPS) is 10.7. The van der Waals surface area contributed by atoms with Crippen molar-refractivity contribution in [3.05, 3.63) is 38.0 Å². The van der Waals surface area contributed by atoms with Crippen LogP contribution in [-0.4, -0.2) is 4.98 Å². The number of aromatic nitrogens is 1. The van der Waals surface area contributed by atoms with Gasteiger partial charge >= 0.3 is 0 Å². The topological polar surface area (TPSA) is 12.9 Å². The van der Waals surface area contributed by atoms with Crippen molar-refractivity contribution in [3.63, 3.8) is 0 Å². The minimum atomic E-state index is 1.08. The van der Waals surface area contributed by atoms with Gasteiger partial charge in [-0.25, -0.2) is 0 Å². The van der Waals surface area contributed by atoms with E-state index in [-0.39, 0.29) is 0 Å². The lowest BCUT2D eigenvalue weighted by Crippen LogP contribution is -1.84. The van der Waals surface area contributed by atoms with Crippen LogP contribution in [0.3, 0.4) is 0 Å². The largest absolute Gasteiger partial charge is 0.255 e. The Morgan fingerprint density at radius 3 is 2.85 bits per heavy atom. The molecule has 0 aliphatic rings. The van der Waals surface area contributed by atoms with E-state index >= 15 is 0 Å². The van der Waals surface area contributed by atoms with Crippen LogP contribution in [0.5, 0.6) is 0 Å². The average Bonchev–Trinajstić information content (AvgIpc) is 2.02. The molecule has 0 radical (unpaired) electrons. The molecule has 0 amide bonds. The van der Waals surface area contributed by atoms with E-state index < -0.39 is 0 Å². The number of fused-ring (bicyclic) bond motifs is 1. The summed E-state index contributed by atoms with van der Waals surface area (Å²) in [6.45, 7) is 2.06. The van der Waals surface area contributed by atoms with E-state index in [0.717, 1.165) is 9.99 Å². The molecule has 0 unspecified atom stereocenters. The molecule has 1 aromatic heterocycles. The van der Waals surface area contributed by atoms with E-state index in [1.807, 2.05) is 6.20 Å². The predicted molar refractivity (Wildman–Crippen MR) is 66.9 cm³/mol. The molecule has 2 rings (SSSR count). The monoisotopic (exact) mass is 347 g/mol. The minimum Gasteiger partial charge on any atom is -0.255 e. The highest BCUT2D eigenvalue weighted by Gasteiger charge is 2.01. The van der Waals surface area contributed by atoms with Crippen LogP contribution in [0, 0.1) is 10.5 Å². The second-order valence-electron chi connectivity index (χ2n) is 2.97. The maximum Gasteiger partial charge on any atom is 0.0836 e. The van der Waals surface area contributed by atoms with Crippen molar-refractivity contribution in [1.29, 1.82) is 0 Å². The Kier molecular flexibility index (Phi) is 2.55. The molecule has 0 N–H and O–H groups in total. The molecule has 0 atom stereocenters. The number of hydrogen-bond donors (Lipinski definition) is 0. The van der Waals surface area contributed by atoms with Gasteiger partial charge in [-0.05, 0) is 53.3 Å². The summed E-state index contributed by atoms with van der Waals surface area (Å²) in [4.78, 5) is 4.39. The molecule has 66 valence electrons. The van der Waals surface area contributed by atoms with Gasteiger partial charge in [0.05, 0.1) is 5.52 Å². The molecule has 0 bridgehead atoms. The first-order chi connectivity index (χ1) is 6.16. The van der Waals surface area contributed by atoms with Crippen molar-refractivity contribution < 1.29 is 0 Å². The van der Waals surface area contributed by atoms with Crippen molar-refractivity contribution in [2.24, 2.45) is 0 Å². The molecule has 0 saturated carbocycles. The molecule has 0 spiro atoms. The van der Waals surface area contributed by atoms with E-state index in [0.29, 0.717) is 0 Å². The van der Waals surface area contributed by atoms with Gasteiger partial charge in [0.2, 0.25) is 0 Å². The number of rotatable bonds is 0. The second-order valence-corrected chi connectivity index (χ2v) is 5.05. The summed E-state index contributed by atoms with van der Waals surface area (Å²) in [6.07, 6.45) is 1.90. The highest BCUT2D eigenvalue weighted by atomic mass is 127. The van der Waals surface area contributed by atoms with Crippen LogP contribution < -0.4 is 0 Å². The maximum atomic E-state index is 4.39. The van der Waals surface area contributed by atoms with Gasteiger partial charge in [0.1, 0.15) is 0 Å². The van der Waals surface area contributed by atoms with E-state index in [1.54, 1.807) is 0 Å². The number of hydrogen-bond acceptors (Lipinski definition) is 1. The van der Waals surface area contributed by atoms with Gasteiger partial charge in [-0.1, -0.05) is 15.9 Å². The number of nitrogens with zero attached hydrogens (tertiary/aromatic N) is 1. The van der Waals surface area contributed by atoms with Crippen LogP contribution in [0.25, 0.3) is 10.9 Å². The summed E-state index contributed by atoms with van der Waals surface area (Å²) in [5, 5.41) is 1.19. The summed E-state index contributed by atoms with van der Waals surface area (Å²) < 4.78 is 2.29. The standard InChI is InChI=1S/C10H7BrIN/c1-6-2-7-3-8(11)4-9(12)10(7)13-5-6/h2-5H,1H3. The minimum absolute atomic E-state index is 1.08. The second kappa shape index (κ2) is 3.53. The molecular weight excluding hydrogens is 341 g/mol. The molecule has 0 saturated heterocycles. The Hall–Kier alpha value is -0.160. The van der Waals surface area contributed by atoms with Gasteiger partial charge < -0.3 is 0 Å². The van der Waals surface area contributed by atoms with Gasteiger partial charge in [-0.15, -0.1) is 0 Å². The van der Waals surface area contributed by atoms with E-state index in [4.69, 9.17) is 0 Å². The van der Waals surface area contributed by atoms with Gasteiger partial charge in [-0.2, -0.15) is 0 Å². The molecule has 0 aliphatic heterocycles. The number of aryl methyl sites for hydroxylation is 1. The Morgan fingerprint density at radius 2 is 2.08 bits per heavy atom. The summed E-state index contributed by atoms with van der Waals surface area (Å²) in [5.41, 5.74) is 2.27. The first kappa shape index (κ1) is 9.40. The highest BCUT2D eigenvalue weighted by Crippen LogP contribution is 2.24. The van der Waals surface area contributed by atoms with E-state index in [2.05, 4.69) is 68.6 Å². The van der Waals surface area contributed by atoms with Crippen LogP contribution in [0.1, 0.15) is 5.56 Å². The number of benzene rings is 1. The zero-order valence-corrected chi connectivity index (χ0v) is 10.8. The Bertz CT molecular complexity index is 462. The Labute approximate surface area is 98.8 Å². The SMILES string of the molecule is Cc1cnc2c(I)cc(Br)cc2c1. The van der Waals surface area contributed by atoms with Crippen molar-refractivity contribution in [2.45, 2.75) is 6.92 Å². The fraction of sp³-hybridized carbons (Fsp3) is 0.100. The zero-order chi connectivity index (χ0) is 9.42. The third-order valence-electron chi connectivity index (χ3n) is 1.84. The van der Waals surface area contributed by atoms with Gasteiger partial charge in [0.25, 0.3) is 0 Å². The van der Waals surface area contributed by atoms with Crippen molar-refractivity contribution in [2.75, 3.05) is 0 Å². The van der Waals surface area contributed by atoms with Crippen LogP contribution in [-0.2, 0) is 0 Å². The van der Waals surface area contributed by atoms with Crippen molar-refractivity contribution >= 4 is 49.4 Å². The van der Waals surface area contributed by atoms with E-state index in [1.165, 1.54) is 14.5 Å². The van der Waals surface area contributed by atoms with Crippen LogP contribution in [0.15, 0.2) is 28.9 Å². The molecule has 13 heavy (non-hydrogen) atoms. The van der Waals surface area contributed by atoms with Gasteiger partial charge in [-0.3, -0.25) is 4.98 Å². The third-order valence-corrected chi connectivity index (χ3v) is 3.12. The third kappa shape index (κ3) is 1.86. The molecule has 2 aromatic rings. The quantitative estimate of drug-likeness (QED) is 0.658. The summed E-state index contributed by atoms with van der Waals surface area (Å²) in [6, 6.07) is 6.32. The molecule has 3 heteroatoms. The highest BCUT2D eigenvalue weighted by molar-refractivity contribution is 14.1. The number of pyridine rings is 1. The molecule has 0 aliphatic carbocycles. The predicted octanol–water partition coefficient (Wildman–Crippen LogP) is 3.91. The van der Waals surface area contributed by atoms with Crippen LogP contribution in [0.4, 0.5) is 0 Å². The Morgan fingerprint density at radius 1 is 1.31 bits per heavy atom. The van der Waals surface area contributed by atoms with Gasteiger partial charge in [0, 0.05) is 19.6 Å². The van der Waals surface area contributed by atoms with E-state index in [9.17, 15) is 0 Å². The smallest absolute Gasteiger partial charge is 0.0836 e. The average molecular weight is 348 g/mol. The first-order valence-corrected chi connectivity index (χ1v) is 5.75. The zero-order valence-electron chi connectivity index (χ0n) is 7.01. The van der Waals surface area contributed by atoms with Crippen LogP contribution >= 0.6 is 38.5 Å². The molecule has 0 fully saturated rings.